The van der Waals surface area contributed by atoms with Gasteiger partial charge in [-0.05, 0) is 83.0 Å². The van der Waals surface area contributed by atoms with E-state index < -0.39 is 66.3 Å². The van der Waals surface area contributed by atoms with Gasteiger partial charge in [-0.15, -0.1) is 0 Å². The van der Waals surface area contributed by atoms with Gasteiger partial charge in [0.15, 0.2) is 5.79 Å². The van der Waals surface area contributed by atoms with Crippen molar-refractivity contribution in [3.05, 3.63) is 36.5 Å². The van der Waals surface area contributed by atoms with Crippen LogP contribution in [0.15, 0.2) is 36.5 Å². The Morgan fingerprint density at radius 2 is 1.59 bits per heavy atom. The molecule has 3 heterocycles. The Labute approximate surface area is 326 Å². The number of allylic oxidation sites excluding steroid dienone is 4. The van der Waals surface area contributed by atoms with Crippen molar-refractivity contribution < 1.29 is 49.3 Å². The highest BCUT2D eigenvalue weighted by Gasteiger charge is 2.52. The highest BCUT2D eigenvalue weighted by molar-refractivity contribution is 5.82. The zero-order valence-electron chi connectivity index (χ0n) is 34.6. The lowest BCUT2D eigenvalue weighted by atomic mass is 9.78. The van der Waals surface area contributed by atoms with Crippen molar-refractivity contribution in [2.24, 2.45) is 35.5 Å². The third-order valence-electron chi connectivity index (χ3n) is 12.7. The molecule has 2 fully saturated rings. The molecule has 16 atom stereocenters. The Hall–Kier alpha value is -1.63. The fourth-order valence-corrected chi connectivity index (χ4v) is 8.65. The van der Waals surface area contributed by atoms with Gasteiger partial charge < -0.3 is 44.5 Å². The van der Waals surface area contributed by atoms with E-state index in [1.165, 1.54) is 13.2 Å². The van der Waals surface area contributed by atoms with Gasteiger partial charge in [0.05, 0.1) is 48.8 Å². The number of rotatable bonds is 6. The summed E-state index contributed by atoms with van der Waals surface area (Å²) in [5, 5.41) is 54.4. The maximum Gasteiger partial charge on any atom is 0.330 e. The molecule has 2 saturated heterocycles. The number of methoxy groups -OCH3 is 1. The molecule has 0 aromatic rings. The minimum absolute atomic E-state index is 0.0182. The van der Waals surface area contributed by atoms with Gasteiger partial charge in [-0.1, -0.05) is 78.3 Å². The zero-order chi connectivity index (χ0) is 40.0. The smallest absolute Gasteiger partial charge is 0.330 e. The van der Waals surface area contributed by atoms with Crippen LogP contribution in [0.5, 0.6) is 0 Å². The molecule has 0 amide bonds. The summed E-state index contributed by atoms with van der Waals surface area (Å²) in [6, 6.07) is 0. The minimum Gasteiger partial charge on any atom is -0.459 e. The van der Waals surface area contributed by atoms with Crippen LogP contribution in [-0.4, -0.2) is 99.3 Å². The van der Waals surface area contributed by atoms with E-state index in [1.807, 2.05) is 19.1 Å². The van der Waals surface area contributed by atoms with Crippen molar-refractivity contribution in [2.75, 3.05) is 7.11 Å². The van der Waals surface area contributed by atoms with Crippen molar-refractivity contribution in [3.8, 4) is 0 Å². The highest BCUT2D eigenvalue weighted by atomic mass is 16.7. The third kappa shape index (κ3) is 14.1. The Morgan fingerprint density at radius 3 is 2.24 bits per heavy atom. The number of hydrogen-bond donors (Lipinski definition) is 5. The summed E-state index contributed by atoms with van der Waals surface area (Å²) in [7, 11) is 1.53. The standard InChI is InChI=1S/C44H76O10/c1-9-15-35-39-20-19-33(10-2)16-13-11-12-14-17-36(46)31(6)37(47)25-34(51-8)26-38(48)32(7)43(50)29(4)18-21-42(49)52-41(35)27-44(53-39)23-22-28(3)40(54-44)24-30(5)45/h11-13,16,18,21,28-41,43,45-48,50H,9-10,14-15,17,19-20,22-27H2,1-8H3/b12-11-,16-13-,21-18-/t28-,29-,30+,31+,32-,33-,34+,35+,36+,37-,38+,39-,40-,41-,43+,44-/m0/s1. The molecule has 0 aromatic carbocycles. The predicted molar refractivity (Wildman–Crippen MR) is 211 cm³/mol. The van der Waals surface area contributed by atoms with Crippen molar-refractivity contribution in [3.63, 3.8) is 0 Å². The number of carbonyl (C=O) groups excluding carboxylic acids is 1. The molecular formula is C44H76O10. The number of fused-ring (bicyclic) bond motifs is 2. The monoisotopic (exact) mass is 765 g/mol. The van der Waals surface area contributed by atoms with E-state index in [0.717, 1.165) is 38.5 Å². The average Bonchev–Trinajstić information content (AvgIpc) is 3.13. The van der Waals surface area contributed by atoms with Gasteiger partial charge in [-0.2, -0.15) is 0 Å². The lowest BCUT2D eigenvalue weighted by Crippen LogP contribution is -2.57. The molecule has 54 heavy (non-hydrogen) atoms. The Bertz CT molecular complexity index is 1170. The second kappa shape index (κ2) is 22.9. The molecule has 1 spiro atoms. The molecule has 0 unspecified atom stereocenters. The first-order valence-electron chi connectivity index (χ1n) is 21.1. The van der Waals surface area contributed by atoms with Crippen molar-refractivity contribution in [2.45, 2.75) is 193 Å². The van der Waals surface area contributed by atoms with E-state index in [1.54, 1.807) is 26.8 Å². The van der Waals surface area contributed by atoms with E-state index in [4.69, 9.17) is 18.9 Å². The van der Waals surface area contributed by atoms with Gasteiger partial charge in [0, 0.05) is 49.7 Å². The zero-order valence-corrected chi connectivity index (χ0v) is 34.6. The van der Waals surface area contributed by atoms with Crippen LogP contribution in [0, 0.1) is 35.5 Å². The summed E-state index contributed by atoms with van der Waals surface area (Å²) < 4.78 is 25.7. The second-order valence-corrected chi connectivity index (χ2v) is 17.1. The summed E-state index contributed by atoms with van der Waals surface area (Å²) in [6.07, 6.45) is 14.7. The van der Waals surface area contributed by atoms with Crippen LogP contribution in [0.3, 0.4) is 0 Å². The topological polar surface area (TPSA) is 155 Å². The van der Waals surface area contributed by atoms with Crippen LogP contribution in [0.4, 0.5) is 0 Å². The molecule has 312 valence electrons. The van der Waals surface area contributed by atoms with Crippen LogP contribution in [0.25, 0.3) is 0 Å². The molecule has 2 bridgehead atoms. The molecule has 0 aromatic heterocycles. The Balaban J connectivity index is 1.93. The van der Waals surface area contributed by atoms with Crippen molar-refractivity contribution in [1.29, 1.82) is 0 Å². The number of carbonyl (C=O) groups is 1. The normalized spacial score (nSPS) is 43.8. The first kappa shape index (κ1) is 46.8. The molecule has 10 heteroatoms. The van der Waals surface area contributed by atoms with E-state index in [-0.39, 0.29) is 42.8 Å². The molecule has 10 nitrogen and oxygen atoms in total. The summed E-state index contributed by atoms with van der Waals surface area (Å²) in [6.45, 7) is 13.7. The molecule has 5 N–H and O–H groups in total. The van der Waals surface area contributed by atoms with Gasteiger partial charge in [0.2, 0.25) is 0 Å². The number of hydrogen-bond acceptors (Lipinski definition) is 10. The number of aliphatic hydroxyl groups excluding tert-OH is 5. The van der Waals surface area contributed by atoms with Crippen molar-refractivity contribution >= 4 is 5.97 Å². The largest absolute Gasteiger partial charge is 0.459 e. The van der Waals surface area contributed by atoms with Crippen LogP contribution in [0.1, 0.15) is 132 Å². The fraction of sp³-hybridized carbons (Fsp3) is 0.841. The summed E-state index contributed by atoms with van der Waals surface area (Å²) >= 11 is 0. The number of esters is 1. The van der Waals surface area contributed by atoms with Gasteiger partial charge in [-0.3, -0.25) is 0 Å². The summed E-state index contributed by atoms with van der Waals surface area (Å²) in [5.41, 5.74) is 0. The van der Waals surface area contributed by atoms with Crippen LogP contribution >= 0.6 is 0 Å². The summed E-state index contributed by atoms with van der Waals surface area (Å²) in [4.78, 5) is 13.6. The van der Waals surface area contributed by atoms with E-state index in [0.29, 0.717) is 38.0 Å². The second-order valence-electron chi connectivity index (χ2n) is 17.1. The molecule has 0 radical (unpaired) electrons. The lowest BCUT2D eigenvalue weighted by molar-refractivity contribution is -0.349. The van der Waals surface area contributed by atoms with Gasteiger partial charge in [0.25, 0.3) is 0 Å². The lowest BCUT2D eigenvalue weighted by Gasteiger charge is -2.52. The summed E-state index contributed by atoms with van der Waals surface area (Å²) in [5.74, 6) is -2.22. The Kier molecular flexibility index (Phi) is 19.9. The van der Waals surface area contributed by atoms with E-state index in [9.17, 15) is 30.3 Å². The first-order valence-corrected chi connectivity index (χ1v) is 21.1. The van der Waals surface area contributed by atoms with Crippen LogP contribution < -0.4 is 0 Å². The van der Waals surface area contributed by atoms with Crippen molar-refractivity contribution in [1.82, 2.24) is 0 Å². The quantitative estimate of drug-likeness (QED) is 0.183. The Morgan fingerprint density at radius 1 is 0.889 bits per heavy atom. The maximum atomic E-state index is 13.6. The molecular weight excluding hydrogens is 688 g/mol. The van der Waals surface area contributed by atoms with Gasteiger partial charge >= 0.3 is 5.97 Å². The molecule has 3 aliphatic rings. The molecule has 3 rings (SSSR count). The van der Waals surface area contributed by atoms with Gasteiger partial charge in [-0.25, -0.2) is 4.79 Å². The molecule has 3 aliphatic heterocycles. The van der Waals surface area contributed by atoms with E-state index >= 15 is 0 Å². The third-order valence-corrected chi connectivity index (χ3v) is 12.7. The van der Waals surface area contributed by atoms with Crippen LogP contribution in [0.2, 0.25) is 0 Å². The minimum atomic E-state index is -0.952. The average molecular weight is 765 g/mol. The number of ether oxygens (including phenoxy) is 4. The molecule has 0 aliphatic carbocycles. The van der Waals surface area contributed by atoms with E-state index in [2.05, 4.69) is 32.9 Å². The SMILES string of the molecule is CCC[C@H]1[C@@H]2C[C@@]3(CC[C@H](C)[C@H](C[C@@H](C)O)O3)O[C@H]1CC[C@@H](CC)/C=C\C=C/CC[C@@H](O)[C@@H](C)[C@@H](O)C[C@@H](OC)C[C@@H](O)[C@H](C)[C@H](O)[C@@H](C)/C=C\C(=O)O2. The maximum absolute atomic E-state index is 13.6. The molecule has 0 saturated carbocycles. The fourth-order valence-electron chi connectivity index (χ4n) is 8.65. The van der Waals surface area contributed by atoms with Gasteiger partial charge in [0.1, 0.15) is 6.10 Å². The number of aliphatic hydroxyl groups is 5. The predicted octanol–water partition coefficient (Wildman–Crippen LogP) is 6.80. The first-order chi connectivity index (χ1) is 25.6. The highest BCUT2D eigenvalue weighted by Crippen LogP contribution is 2.47. The van der Waals surface area contributed by atoms with Crippen LogP contribution in [-0.2, 0) is 23.7 Å².